The Bertz CT molecular complexity index is 566. The maximum atomic E-state index is 6.22. The van der Waals surface area contributed by atoms with Crippen LogP contribution in [0.4, 0.5) is 0 Å². The average molecular weight is 324 g/mol. The van der Waals surface area contributed by atoms with E-state index in [0.29, 0.717) is 5.92 Å². The zero-order valence-electron chi connectivity index (χ0n) is 11.3. The first-order valence-corrected chi connectivity index (χ1v) is 6.95. The topological polar surface area (TPSA) is 53.1 Å². The van der Waals surface area contributed by atoms with Gasteiger partial charge in [-0.3, -0.25) is 0 Å². The summed E-state index contributed by atoms with van der Waals surface area (Å²) in [5.74, 6) is 1.14. The van der Waals surface area contributed by atoms with Crippen molar-refractivity contribution in [1.29, 1.82) is 0 Å². The van der Waals surface area contributed by atoms with Crippen LogP contribution in [0.3, 0.4) is 0 Å². The summed E-state index contributed by atoms with van der Waals surface area (Å²) in [6, 6.07) is 5.88. The fraction of sp³-hybridized carbons (Fsp3) is 0.357. The normalized spacial score (nSPS) is 12.7. The monoisotopic (exact) mass is 323 g/mol. The van der Waals surface area contributed by atoms with Crippen molar-refractivity contribution >= 4 is 15.9 Å². The van der Waals surface area contributed by atoms with Gasteiger partial charge in [-0.1, -0.05) is 13.8 Å². The highest BCUT2D eigenvalue weighted by Crippen LogP contribution is 2.29. The van der Waals surface area contributed by atoms with Gasteiger partial charge < -0.3 is 15.0 Å². The summed E-state index contributed by atoms with van der Waals surface area (Å²) in [7, 11) is 1.65. The number of aromatic nitrogens is 2. The second-order valence-corrected chi connectivity index (χ2v) is 5.63. The quantitative estimate of drug-likeness (QED) is 0.939. The van der Waals surface area contributed by atoms with Gasteiger partial charge in [-0.05, 0) is 34.0 Å². The van der Waals surface area contributed by atoms with E-state index >= 15 is 0 Å². The number of nitrogens with two attached hydrogens (primary N) is 1. The van der Waals surface area contributed by atoms with Gasteiger partial charge in [-0.25, -0.2) is 4.98 Å². The molecule has 5 heteroatoms. The molecular weight excluding hydrogens is 306 g/mol. The van der Waals surface area contributed by atoms with Crippen LogP contribution in [0.2, 0.25) is 0 Å². The van der Waals surface area contributed by atoms with Crippen molar-refractivity contribution in [2.75, 3.05) is 7.11 Å². The smallest absolute Gasteiger partial charge is 0.135 e. The lowest BCUT2D eigenvalue weighted by molar-refractivity contribution is 0.412. The van der Waals surface area contributed by atoms with E-state index in [9.17, 15) is 0 Å². The SMILES string of the molecule is COc1cc(-n2cncc2C(N)C(C)C)ccc1Br. The van der Waals surface area contributed by atoms with Gasteiger partial charge in [0.2, 0.25) is 0 Å². The van der Waals surface area contributed by atoms with Crippen LogP contribution in [-0.2, 0) is 0 Å². The Morgan fingerprint density at radius 3 is 2.74 bits per heavy atom. The lowest BCUT2D eigenvalue weighted by Gasteiger charge is -2.18. The molecule has 0 radical (unpaired) electrons. The fourth-order valence-electron chi connectivity index (χ4n) is 1.91. The predicted molar refractivity (Wildman–Crippen MR) is 79.6 cm³/mol. The number of nitrogens with zero attached hydrogens (tertiary/aromatic N) is 2. The van der Waals surface area contributed by atoms with Crippen molar-refractivity contribution in [2.24, 2.45) is 11.7 Å². The standard InChI is InChI=1S/C14H18BrN3O/c1-9(2)14(16)12-7-17-8-18(12)10-4-5-11(15)13(6-10)19-3/h4-9,14H,16H2,1-3H3. The summed E-state index contributed by atoms with van der Waals surface area (Å²) in [6.07, 6.45) is 3.60. The first-order chi connectivity index (χ1) is 9.04. The minimum absolute atomic E-state index is 0.0443. The van der Waals surface area contributed by atoms with Gasteiger partial charge >= 0.3 is 0 Å². The second kappa shape index (κ2) is 5.75. The van der Waals surface area contributed by atoms with E-state index in [2.05, 4.69) is 34.8 Å². The van der Waals surface area contributed by atoms with E-state index in [4.69, 9.17) is 10.5 Å². The number of methoxy groups -OCH3 is 1. The highest BCUT2D eigenvalue weighted by atomic mass is 79.9. The molecule has 102 valence electrons. The molecule has 0 fully saturated rings. The van der Waals surface area contributed by atoms with Crippen molar-refractivity contribution < 1.29 is 4.74 Å². The maximum Gasteiger partial charge on any atom is 0.135 e. The number of halogens is 1. The molecule has 2 N–H and O–H groups in total. The van der Waals surface area contributed by atoms with Gasteiger partial charge in [0.1, 0.15) is 5.75 Å². The van der Waals surface area contributed by atoms with Gasteiger partial charge in [0.05, 0.1) is 35.5 Å². The minimum Gasteiger partial charge on any atom is -0.495 e. The van der Waals surface area contributed by atoms with Gasteiger partial charge in [0.25, 0.3) is 0 Å². The number of hydrogen-bond donors (Lipinski definition) is 1. The molecule has 1 atom stereocenters. The molecule has 0 saturated heterocycles. The first kappa shape index (κ1) is 14.1. The van der Waals surface area contributed by atoms with Crippen molar-refractivity contribution in [1.82, 2.24) is 9.55 Å². The minimum atomic E-state index is -0.0443. The molecule has 4 nitrogen and oxygen atoms in total. The molecule has 0 saturated carbocycles. The zero-order chi connectivity index (χ0) is 14.0. The van der Waals surface area contributed by atoms with E-state index < -0.39 is 0 Å². The number of hydrogen-bond acceptors (Lipinski definition) is 3. The molecule has 1 heterocycles. The van der Waals surface area contributed by atoms with Crippen LogP contribution in [0, 0.1) is 5.92 Å². The van der Waals surface area contributed by atoms with Gasteiger partial charge in [-0.15, -0.1) is 0 Å². The molecular formula is C14H18BrN3O. The van der Waals surface area contributed by atoms with Crippen LogP contribution >= 0.6 is 15.9 Å². The summed E-state index contributed by atoms with van der Waals surface area (Å²) >= 11 is 3.45. The van der Waals surface area contributed by atoms with E-state index in [-0.39, 0.29) is 6.04 Å². The molecule has 1 aromatic carbocycles. The van der Waals surface area contributed by atoms with Crippen LogP contribution in [0.15, 0.2) is 35.2 Å². The lowest BCUT2D eigenvalue weighted by Crippen LogP contribution is -2.19. The van der Waals surface area contributed by atoms with E-state index in [1.807, 2.05) is 29.0 Å². The second-order valence-electron chi connectivity index (χ2n) is 4.78. The molecule has 0 aliphatic heterocycles. The number of ether oxygens (including phenoxy) is 1. The Balaban J connectivity index is 2.45. The lowest BCUT2D eigenvalue weighted by atomic mass is 10.0. The molecule has 2 rings (SSSR count). The highest BCUT2D eigenvalue weighted by Gasteiger charge is 2.16. The first-order valence-electron chi connectivity index (χ1n) is 6.16. The summed E-state index contributed by atoms with van der Waals surface area (Å²) in [4.78, 5) is 4.21. The molecule has 2 aromatic rings. The Morgan fingerprint density at radius 2 is 2.11 bits per heavy atom. The molecule has 0 amide bonds. The Hall–Kier alpha value is -1.33. The largest absolute Gasteiger partial charge is 0.495 e. The van der Waals surface area contributed by atoms with Crippen LogP contribution in [0.5, 0.6) is 5.75 Å². The van der Waals surface area contributed by atoms with Crippen LogP contribution in [0.25, 0.3) is 5.69 Å². The third kappa shape index (κ3) is 2.82. The maximum absolute atomic E-state index is 6.22. The third-order valence-electron chi connectivity index (χ3n) is 3.14. The highest BCUT2D eigenvalue weighted by molar-refractivity contribution is 9.10. The van der Waals surface area contributed by atoms with Crippen LogP contribution < -0.4 is 10.5 Å². The van der Waals surface area contributed by atoms with Crippen molar-refractivity contribution in [3.63, 3.8) is 0 Å². The average Bonchev–Trinajstić information content (AvgIpc) is 2.87. The molecule has 0 bridgehead atoms. The summed E-state index contributed by atoms with van der Waals surface area (Å²) in [5, 5.41) is 0. The fourth-order valence-corrected chi connectivity index (χ4v) is 2.32. The van der Waals surface area contributed by atoms with Gasteiger partial charge in [-0.2, -0.15) is 0 Å². The van der Waals surface area contributed by atoms with Gasteiger partial charge in [0.15, 0.2) is 0 Å². The summed E-state index contributed by atoms with van der Waals surface area (Å²) < 4.78 is 8.24. The third-order valence-corrected chi connectivity index (χ3v) is 3.79. The molecule has 0 aliphatic rings. The van der Waals surface area contributed by atoms with E-state index in [1.54, 1.807) is 13.4 Å². The Labute approximate surface area is 121 Å². The molecule has 0 aliphatic carbocycles. The van der Waals surface area contributed by atoms with E-state index in [0.717, 1.165) is 21.6 Å². The van der Waals surface area contributed by atoms with Crippen LogP contribution in [-0.4, -0.2) is 16.7 Å². The predicted octanol–water partition coefficient (Wildman–Crippen LogP) is 3.30. The number of rotatable bonds is 4. The zero-order valence-corrected chi connectivity index (χ0v) is 12.9. The van der Waals surface area contributed by atoms with Crippen molar-refractivity contribution in [3.05, 3.63) is 40.9 Å². The summed E-state index contributed by atoms with van der Waals surface area (Å²) in [5.41, 5.74) is 8.21. The summed E-state index contributed by atoms with van der Waals surface area (Å²) in [6.45, 7) is 4.20. The Kier molecular flexibility index (Phi) is 4.27. The number of imidazole rings is 1. The Morgan fingerprint density at radius 1 is 1.37 bits per heavy atom. The molecule has 1 aromatic heterocycles. The van der Waals surface area contributed by atoms with E-state index in [1.165, 1.54) is 0 Å². The van der Waals surface area contributed by atoms with Gasteiger partial charge in [0, 0.05) is 12.1 Å². The number of benzene rings is 1. The van der Waals surface area contributed by atoms with Crippen molar-refractivity contribution in [3.8, 4) is 11.4 Å². The molecule has 19 heavy (non-hydrogen) atoms. The van der Waals surface area contributed by atoms with Crippen molar-refractivity contribution in [2.45, 2.75) is 19.9 Å². The molecule has 0 spiro atoms. The molecule has 1 unspecified atom stereocenters. The van der Waals surface area contributed by atoms with Crippen LogP contribution in [0.1, 0.15) is 25.6 Å².